The van der Waals surface area contributed by atoms with Gasteiger partial charge in [-0.25, -0.2) is 23.5 Å². The van der Waals surface area contributed by atoms with Crippen LogP contribution in [0.25, 0.3) is 0 Å². The second-order valence-corrected chi connectivity index (χ2v) is 5.56. The van der Waals surface area contributed by atoms with Crippen LogP contribution in [0.5, 0.6) is 0 Å². The Morgan fingerprint density at radius 1 is 1.19 bits per heavy atom. The number of esters is 1. The maximum absolute atomic E-state index is 14.0. The molecular weight excluding hydrogens is 375 g/mol. The molecule has 146 valence electrons. The minimum atomic E-state index is -5.34. The summed E-state index contributed by atoms with van der Waals surface area (Å²) < 4.78 is 97.9. The Morgan fingerprint density at radius 3 is 2.27 bits per heavy atom. The number of ether oxygens (including phenoxy) is 1. The molecule has 0 atom stereocenters. The largest absolute Gasteiger partial charge is 0.461 e. The normalized spacial score (nSPS) is 17.9. The lowest BCUT2D eigenvalue weighted by Crippen LogP contribution is -2.40. The summed E-state index contributed by atoms with van der Waals surface area (Å²) in [6, 6.07) is 0. The fourth-order valence-corrected chi connectivity index (χ4v) is 2.34. The van der Waals surface area contributed by atoms with E-state index in [-0.39, 0.29) is 13.1 Å². The Morgan fingerprint density at radius 2 is 1.77 bits per heavy atom. The maximum atomic E-state index is 14.0. The fraction of sp³-hybridized carbons (Fsp3) is 0.643. The zero-order valence-electron chi connectivity index (χ0n) is 13.4. The van der Waals surface area contributed by atoms with E-state index in [4.69, 9.17) is 0 Å². The van der Waals surface area contributed by atoms with E-state index < -0.39 is 60.6 Å². The second-order valence-electron chi connectivity index (χ2n) is 5.56. The van der Waals surface area contributed by atoms with Crippen LogP contribution in [0, 0.1) is 0 Å². The number of aromatic nitrogens is 2. The zero-order valence-corrected chi connectivity index (χ0v) is 13.4. The van der Waals surface area contributed by atoms with Crippen LogP contribution < -0.4 is 4.90 Å². The van der Waals surface area contributed by atoms with Gasteiger partial charge in [-0.3, -0.25) is 0 Å². The summed E-state index contributed by atoms with van der Waals surface area (Å²) in [5.74, 6) is -10.3. The summed E-state index contributed by atoms with van der Waals surface area (Å²) in [6.07, 6.45) is -5.97. The molecule has 0 aliphatic carbocycles. The number of nitrogens with zero attached hydrogens (tertiary/aromatic N) is 3. The average Bonchev–Trinajstić information content (AvgIpc) is 2.53. The Hall–Kier alpha value is -2.14. The Balaban J connectivity index is 2.42. The first-order valence-electron chi connectivity index (χ1n) is 7.51. The molecule has 0 radical (unpaired) electrons. The predicted octanol–water partition coefficient (Wildman–Crippen LogP) is 3.39. The lowest BCUT2D eigenvalue weighted by Gasteiger charge is -2.32. The van der Waals surface area contributed by atoms with Gasteiger partial charge in [0.2, 0.25) is 0 Å². The van der Waals surface area contributed by atoms with Gasteiger partial charge in [0, 0.05) is 25.9 Å². The van der Waals surface area contributed by atoms with Crippen molar-refractivity contribution < 1.29 is 40.3 Å². The quantitative estimate of drug-likeness (QED) is 0.584. The standard InChI is InChI=1S/C14H14F7N3O2/c1-2-26-11(25)13(17,18)9-10(14(19,20)21)23-8(7-22-9)24-5-3-12(15,16)4-6-24/h7H,2-6H2,1H3. The van der Waals surface area contributed by atoms with Gasteiger partial charge in [0.1, 0.15) is 5.82 Å². The van der Waals surface area contributed by atoms with Crippen molar-refractivity contribution in [1.82, 2.24) is 9.97 Å². The highest BCUT2D eigenvalue weighted by molar-refractivity contribution is 5.79. The Kier molecular flexibility index (Phi) is 5.34. The SMILES string of the molecule is CCOC(=O)C(F)(F)c1ncc(N2CCC(F)(F)CC2)nc1C(F)(F)F. The molecule has 2 rings (SSSR count). The second kappa shape index (κ2) is 6.88. The Bertz CT molecular complexity index is 669. The number of anilines is 1. The van der Waals surface area contributed by atoms with E-state index in [1.54, 1.807) is 0 Å². The number of carbonyl (C=O) groups is 1. The third-order valence-electron chi connectivity index (χ3n) is 3.68. The number of alkyl halides is 7. The van der Waals surface area contributed by atoms with Gasteiger partial charge in [0.15, 0.2) is 11.4 Å². The molecule has 0 spiro atoms. The van der Waals surface area contributed by atoms with Crippen LogP contribution in [0.2, 0.25) is 0 Å². The molecular formula is C14H14F7N3O2. The van der Waals surface area contributed by atoms with Gasteiger partial charge in [-0.1, -0.05) is 0 Å². The molecule has 5 nitrogen and oxygen atoms in total. The minimum Gasteiger partial charge on any atom is -0.461 e. The highest BCUT2D eigenvalue weighted by atomic mass is 19.4. The van der Waals surface area contributed by atoms with Crippen molar-refractivity contribution in [2.45, 2.75) is 37.8 Å². The fourth-order valence-electron chi connectivity index (χ4n) is 2.34. The van der Waals surface area contributed by atoms with Gasteiger partial charge < -0.3 is 9.64 Å². The van der Waals surface area contributed by atoms with E-state index in [2.05, 4.69) is 14.7 Å². The molecule has 1 aromatic heterocycles. The number of rotatable bonds is 4. The smallest absolute Gasteiger partial charge is 0.435 e. The van der Waals surface area contributed by atoms with E-state index in [0.717, 1.165) is 4.90 Å². The molecule has 0 aromatic carbocycles. The lowest BCUT2D eigenvalue weighted by molar-refractivity contribution is -0.176. The number of halogens is 7. The van der Waals surface area contributed by atoms with Crippen LogP contribution >= 0.6 is 0 Å². The molecule has 1 aromatic rings. The van der Waals surface area contributed by atoms with Gasteiger partial charge in [-0.15, -0.1) is 0 Å². The molecule has 26 heavy (non-hydrogen) atoms. The lowest BCUT2D eigenvalue weighted by atomic mass is 10.1. The van der Waals surface area contributed by atoms with E-state index in [9.17, 15) is 35.5 Å². The molecule has 1 aliphatic heterocycles. The number of hydrogen-bond donors (Lipinski definition) is 0. The first-order chi connectivity index (χ1) is 11.9. The van der Waals surface area contributed by atoms with Gasteiger partial charge in [0.25, 0.3) is 5.92 Å². The third kappa shape index (κ3) is 4.15. The minimum absolute atomic E-state index is 0.313. The van der Waals surface area contributed by atoms with Crippen LogP contribution in [-0.2, 0) is 21.6 Å². The predicted molar refractivity (Wildman–Crippen MR) is 74.0 cm³/mol. The average molecular weight is 389 g/mol. The van der Waals surface area contributed by atoms with E-state index >= 15 is 0 Å². The van der Waals surface area contributed by atoms with Crippen molar-refractivity contribution in [3.05, 3.63) is 17.6 Å². The highest BCUT2D eigenvalue weighted by Crippen LogP contribution is 2.39. The maximum Gasteiger partial charge on any atom is 0.435 e. The summed E-state index contributed by atoms with van der Waals surface area (Å²) in [7, 11) is 0. The molecule has 12 heteroatoms. The first kappa shape index (κ1) is 20.2. The molecule has 0 unspecified atom stereocenters. The molecule has 0 amide bonds. The van der Waals surface area contributed by atoms with Crippen LogP contribution in [-0.4, -0.2) is 41.6 Å². The zero-order chi connectivity index (χ0) is 19.8. The van der Waals surface area contributed by atoms with Crippen molar-refractivity contribution in [2.75, 3.05) is 24.6 Å². The van der Waals surface area contributed by atoms with Crippen molar-refractivity contribution >= 4 is 11.8 Å². The molecule has 1 saturated heterocycles. The number of carbonyl (C=O) groups excluding carboxylic acids is 1. The van der Waals surface area contributed by atoms with E-state index in [0.29, 0.717) is 6.20 Å². The van der Waals surface area contributed by atoms with Crippen molar-refractivity contribution in [1.29, 1.82) is 0 Å². The summed E-state index contributed by atoms with van der Waals surface area (Å²) in [6.45, 7) is 0.113. The topological polar surface area (TPSA) is 55.3 Å². The van der Waals surface area contributed by atoms with Crippen LogP contribution in [0.15, 0.2) is 6.20 Å². The number of piperidine rings is 1. The van der Waals surface area contributed by atoms with Crippen molar-refractivity contribution in [3.63, 3.8) is 0 Å². The Labute approximate surface area is 143 Å². The van der Waals surface area contributed by atoms with Gasteiger partial charge >= 0.3 is 18.1 Å². The molecule has 0 bridgehead atoms. The third-order valence-corrected chi connectivity index (χ3v) is 3.68. The summed E-state index contributed by atoms with van der Waals surface area (Å²) in [5, 5.41) is 0. The van der Waals surface area contributed by atoms with E-state index in [1.165, 1.54) is 6.92 Å². The molecule has 1 fully saturated rings. The van der Waals surface area contributed by atoms with Crippen molar-refractivity contribution in [2.24, 2.45) is 0 Å². The highest BCUT2D eigenvalue weighted by Gasteiger charge is 2.52. The summed E-state index contributed by atoms with van der Waals surface area (Å²) in [4.78, 5) is 18.6. The van der Waals surface area contributed by atoms with Crippen LogP contribution in [0.3, 0.4) is 0 Å². The summed E-state index contributed by atoms with van der Waals surface area (Å²) in [5.41, 5.74) is -3.96. The van der Waals surface area contributed by atoms with Gasteiger partial charge in [-0.2, -0.15) is 22.0 Å². The van der Waals surface area contributed by atoms with E-state index in [1.807, 2.05) is 0 Å². The van der Waals surface area contributed by atoms with Crippen LogP contribution in [0.4, 0.5) is 36.6 Å². The molecule has 2 heterocycles. The molecule has 0 N–H and O–H groups in total. The molecule has 0 saturated carbocycles. The summed E-state index contributed by atoms with van der Waals surface area (Å²) >= 11 is 0. The monoisotopic (exact) mass is 389 g/mol. The molecule has 1 aliphatic rings. The van der Waals surface area contributed by atoms with Gasteiger partial charge in [0.05, 0.1) is 12.8 Å². The van der Waals surface area contributed by atoms with Crippen LogP contribution in [0.1, 0.15) is 31.2 Å². The first-order valence-corrected chi connectivity index (χ1v) is 7.51. The number of hydrogen-bond acceptors (Lipinski definition) is 5. The van der Waals surface area contributed by atoms with Crippen molar-refractivity contribution in [3.8, 4) is 0 Å². The van der Waals surface area contributed by atoms with Gasteiger partial charge in [-0.05, 0) is 6.92 Å².